The second kappa shape index (κ2) is 7.05. The van der Waals surface area contributed by atoms with E-state index < -0.39 is 0 Å². The first-order valence-corrected chi connectivity index (χ1v) is 7.93. The molecule has 1 heterocycles. The Morgan fingerprint density at radius 2 is 1.70 bits per heavy atom. The zero-order valence-corrected chi connectivity index (χ0v) is 13.4. The quantitative estimate of drug-likeness (QED) is 0.631. The van der Waals surface area contributed by atoms with Gasteiger partial charge in [0, 0.05) is 11.6 Å². The largest absolute Gasteiger partial charge is 0.417 e. The molecule has 2 aromatic carbocycles. The molecule has 1 aromatic heterocycles. The molecule has 0 aliphatic carbocycles. The summed E-state index contributed by atoms with van der Waals surface area (Å²) < 4.78 is 5.66. The minimum atomic E-state index is 0.509. The van der Waals surface area contributed by atoms with Crippen LogP contribution in [-0.4, -0.2) is 10.2 Å². The van der Waals surface area contributed by atoms with E-state index in [2.05, 4.69) is 48.3 Å². The van der Waals surface area contributed by atoms with E-state index >= 15 is 0 Å². The Hall–Kier alpha value is -2.68. The Morgan fingerprint density at radius 3 is 2.39 bits per heavy atom. The molecule has 0 bridgehead atoms. The third-order valence-corrected chi connectivity index (χ3v) is 4.00. The van der Waals surface area contributed by atoms with Crippen molar-refractivity contribution in [1.82, 2.24) is 10.2 Å². The lowest BCUT2D eigenvalue weighted by atomic mass is 9.97. The van der Waals surface area contributed by atoms with Crippen molar-refractivity contribution in [1.29, 1.82) is 0 Å². The standard InChI is InChI=1S/C20H20N2O/c1-3-15(2)17-12-9-16(10-13-17)11-14-19-21-22-20(23-19)18-7-5-4-6-8-18/h4-15H,3H2,1-2H3. The molecule has 0 saturated carbocycles. The van der Waals surface area contributed by atoms with Crippen LogP contribution in [0.15, 0.2) is 59.0 Å². The Kier molecular flexibility index (Phi) is 4.67. The average Bonchev–Trinajstić information content (AvgIpc) is 3.09. The maximum absolute atomic E-state index is 5.66. The van der Waals surface area contributed by atoms with Crippen LogP contribution in [0.25, 0.3) is 23.6 Å². The predicted molar refractivity (Wildman–Crippen MR) is 93.8 cm³/mol. The Bertz CT molecular complexity index is 773. The van der Waals surface area contributed by atoms with Gasteiger partial charge in [-0.2, -0.15) is 0 Å². The maximum Gasteiger partial charge on any atom is 0.248 e. The predicted octanol–water partition coefficient (Wildman–Crippen LogP) is 5.42. The Labute approximate surface area is 136 Å². The number of rotatable bonds is 5. The smallest absolute Gasteiger partial charge is 0.248 e. The summed E-state index contributed by atoms with van der Waals surface area (Å²) in [4.78, 5) is 0. The fourth-order valence-corrected chi connectivity index (χ4v) is 2.34. The fourth-order valence-electron chi connectivity index (χ4n) is 2.34. The van der Waals surface area contributed by atoms with Gasteiger partial charge in [0.1, 0.15) is 0 Å². The highest BCUT2D eigenvalue weighted by atomic mass is 16.4. The normalized spacial score (nSPS) is 12.6. The maximum atomic E-state index is 5.66. The lowest BCUT2D eigenvalue weighted by Crippen LogP contribution is -1.90. The summed E-state index contributed by atoms with van der Waals surface area (Å²) in [6, 6.07) is 18.4. The number of hydrogen-bond donors (Lipinski definition) is 0. The van der Waals surface area contributed by atoms with Crippen molar-refractivity contribution in [3.05, 3.63) is 71.6 Å². The second-order valence-electron chi connectivity index (χ2n) is 5.62. The first-order chi connectivity index (χ1) is 11.3. The highest BCUT2D eigenvalue weighted by Gasteiger charge is 2.05. The Balaban J connectivity index is 1.72. The van der Waals surface area contributed by atoms with Crippen molar-refractivity contribution in [2.45, 2.75) is 26.2 Å². The van der Waals surface area contributed by atoms with Crippen LogP contribution >= 0.6 is 0 Å². The summed E-state index contributed by atoms with van der Waals surface area (Å²) in [5.74, 6) is 1.64. The van der Waals surface area contributed by atoms with E-state index in [0.29, 0.717) is 17.7 Å². The molecular formula is C20H20N2O. The molecule has 3 aromatic rings. The highest BCUT2D eigenvalue weighted by molar-refractivity contribution is 5.66. The molecule has 0 aliphatic rings. The van der Waals surface area contributed by atoms with E-state index in [1.165, 1.54) is 5.56 Å². The van der Waals surface area contributed by atoms with Gasteiger partial charge >= 0.3 is 0 Å². The van der Waals surface area contributed by atoms with E-state index in [0.717, 1.165) is 17.5 Å². The molecule has 1 unspecified atom stereocenters. The van der Waals surface area contributed by atoms with Gasteiger partial charge in [-0.3, -0.25) is 0 Å². The van der Waals surface area contributed by atoms with E-state index in [1.54, 1.807) is 0 Å². The van der Waals surface area contributed by atoms with Gasteiger partial charge < -0.3 is 4.42 Å². The van der Waals surface area contributed by atoms with E-state index in [4.69, 9.17) is 4.42 Å². The van der Waals surface area contributed by atoms with Crippen molar-refractivity contribution >= 4 is 12.2 Å². The topological polar surface area (TPSA) is 38.9 Å². The molecule has 0 N–H and O–H groups in total. The average molecular weight is 304 g/mol. The van der Waals surface area contributed by atoms with Gasteiger partial charge in [0.2, 0.25) is 11.8 Å². The molecule has 0 radical (unpaired) electrons. The third kappa shape index (κ3) is 3.75. The third-order valence-electron chi connectivity index (χ3n) is 4.00. The van der Waals surface area contributed by atoms with Crippen molar-refractivity contribution in [3.63, 3.8) is 0 Å². The Morgan fingerprint density at radius 1 is 0.957 bits per heavy atom. The molecule has 0 amide bonds. The van der Waals surface area contributed by atoms with Crippen LogP contribution < -0.4 is 0 Å². The zero-order valence-electron chi connectivity index (χ0n) is 13.4. The number of hydrogen-bond acceptors (Lipinski definition) is 3. The molecule has 1 atom stereocenters. The molecular weight excluding hydrogens is 284 g/mol. The zero-order chi connectivity index (χ0) is 16.1. The first-order valence-electron chi connectivity index (χ1n) is 7.93. The number of benzene rings is 2. The van der Waals surface area contributed by atoms with E-state index in [-0.39, 0.29) is 0 Å². The molecule has 3 nitrogen and oxygen atoms in total. The molecule has 0 saturated heterocycles. The minimum absolute atomic E-state index is 0.509. The van der Waals surface area contributed by atoms with Crippen molar-refractivity contribution in [3.8, 4) is 11.5 Å². The van der Waals surface area contributed by atoms with Gasteiger partial charge in [-0.1, -0.05) is 56.3 Å². The van der Waals surface area contributed by atoms with E-state index in [1.807, 2.05) is 42.5 Å². The molecule has 3 heteroatoms. The van der Waals surface area contributed by atoms with Crippen molar-refractivity contribution in [2.75, 3.05) is 0 Å². The van der Waals surface area contributed by atoms with Crippen LogP contribution in [0.1, 0.15) is 43.2 Å². The van der Waals surface area contributed by atoms with Crippen molar-refractivity contribution in [2.24, 2.45) is 0 Å². The minimum Gasteiger partial charge on any atom is -0.417 e. The summed E-state index contributed by atoms with van der Waals surface area (Å²) in [6.45, 7) is 4.45. The van der Waals surface area contributed by atoms with Crippen LogP contribution in [0.5, 0.6) is 0 Å². The van der Waals surface area contributed by atoms with Crippen LogP contribution in [0.4, 0.5) is 0 Å². The van der Waals surface area contributed by atoms with Crippen molar-refractivity contribution < 1.29 is 4.42 Å². The number of nitrogens with zero attached hydrogens (tertiary/aromatic N) is 2. The lowest BCUT2D eigenvalue weighted by molar-refractivity contribution is 0.558. The van der Waals surface area contributed by atoms with Gasteiger partial charge in [0.15, 0.2) is 0 Å². The van der Waals surface area contributed by atoms with Gasteiger partial charge in [-0.05, 0) is 41.7 Å². The molecule has 116 valence electrons. The SMILES string of the molecule is CCC(C)c1ccc(C=Cc2nnc(-c3ccccc3)o2)cc1. The summed E-state index contributed by atoms with van der Waals surface area (Å²) >= 11 is 0. The van der Waals surface area contributed by atoms with Gasteiger partial charge in [-0.25, -0.2) is 0 Å². The van der Waals surface area contributed by atoms with Crippen LogP contribution in [0, 0.1) is 0 Å². The lowest BCUT2D eigenvalue weighted by Gasteiger charge is -2.08. The molecule has 0 spiro atoms. The molecule has 3 rings (SSSR count). The summed E-state index contributed by atoms with van der Waals surface area (Å²) in [5.41, 5.74) is 3.42. The summed E-state index contributed by atoms with van der Waals surface area (Å²) in [5, 5.41) is 8.14. The monoisotopic (exact) mass is 304 g/mol. The van der Waals surface area contributed by atoms with Gasteiger partial charge in [0.25, 0.3) is 0 Å². The molecule has 0 fully saturated rings. The summed E-state index contributed by atoms with van der Waals surface area (Å²) in [6.07, 6.45) is 4.99. The highest BCUT2D eigenvalue weighted by Crippen LogP contribution is 2.20. The summed E-state index contributed by atoms with van der Waals surface area (Å²) in [7, 11) is 0. The van der Waals surface area contributed by atoms with Crippen LogP contribution in [0.3, 0.4) is 0 Å². The van der Waals surface area contributed by atoms with Crippen LogP contribution in [-0.2, 0) is 0 Å². The van der Waals surface area contributed by atoms with E-state index in [9.17, 15) is 0 Å². The van der Waals surface area contributed by atoms with Gasteiger partial charge in [-0.15, -0.1) is 10.2 Å². The first kappa shape index (κ1) is 15.2. The molecule has 23 heavy (non-hydrogen) atoms. The fraction of sp³-hybridized carbons (Fsp3) is 0.200. The molecule has 0 aliphatic heterocycles. The van der Waals surface area contributed by atoms with Gasteiger partial charge in [0.05, 0.1) is 0 Å². The second-order valence-corrected chi connectivity index (χ2v) is 5.62. The van der Waals surface area contributed by atoms with Crippen LogP contribution in [0.2, 0.25) is 0 Å². The number of aromatic nitrogens is 2.